The number of hydrogen-bond acceptors (Lipinski definition) is 5. The topological polar surface area (TPSA) is 80.3 Å². The second-order valence-electron chi connectivity index (χ2n) is 5.26. The van der Waals surface area contributed by atoms with Gasteiger partial charge in [0.1, 0.15) is 5.75 Å². The van der Waals surface area contributed by atoms with E-state index in [1.54, 1.807) is 31.2 Å². The van der Waals surface area contributed by atoms with Crippen LogP contribution in [0, 0.1) is 0 Å². The number of aromatic nitrogens is 1. The third kappa shape index (κ3) is 3.77. The fraction of sp³-hybridized carbons (Fsp3) is 0.167. The van der Waals surface area contributed by atoms with Crippen LogP contribution in [0.25, 0.3) is 10.2 Å². The number of thiazole rings is 1. The smallest absolute Gasteiger partial charge is 0.259 e. The predicted octanol–water partition coefficient (Wildman–Crippen LogP) is 3.91. The van der Waals surface area contributed by atoms with Crippen molar-refractivity contribution >= 4 is 44.2 Å². The lowest BCUT2D eigenvalue weighted by Crippen LogP contribution is -2.12. The molecule has 0 unspecified atom stereocenters. The summed E-state index contributed by atoms with van der Waals surface area (Å²) in [5, 5.41) is 6.16. The van der Waals surface area contributed by atoms with Gasteiger partial charge in [0.05, 0.1) is 22.9 Å². The summed E-state index contributed by atoms with van der Waals surface area (Å²) < 4.78 is 6.10. The fourth-order valence-corrected chi connectivity index (χ4v) is 3.22. The van der Waals surface area contributed by atoms with Gasteiger partial charge in [0.25, 0.3) is 5.91 Å². The standard InChI is InChI=1S/C18H17N3O3S/c1-3-16(22)21-18-20-13-9-8-11(10-15(13)25-18)19-17(23)12-6-4-5-7-14(12)24-2/h4-10H,3H2,1-2H3,(H,19,23)(H,20,21,22). The number of nitrogens with zero attached hydrogens (tertiary/aromatic N) is 1. The lowest BCUT2D eigenvalue weighted by Gasteiger charge is -2.09. The average Bonchev–Trinajstić information content (AvgIpc) is 3.02. The Morgan fingerprint density at radius 1 is 1.16 bits per heavy atom. The zero-order chi connectivity index (χ0) is 17.8. The van der Waals surface area contributed by atoms with Gasteiger partial charge in [-0.1, -0.05) is 30.4 Å². The van der Waals surface area contributed by atoms with Crippen LogP contribution in [-0.4, -0.2) is 23.9 Å². The second kappa shape index (κ2) is 7.31. The lowest BCUT2D eigenvalue weighted by molar-refractivity contribution is -0.115. The Morgan fingerprint density at radius 3 is 2.72 bits per heavy atom. The van der Waals surface area contributed by atoms with Gasteiger partial charge in [-0.15, -0.1) is 0 Å². The first-order valence-electron chi connectivity index (χ1n) is 7.75. The number of para-hydroxylation sites is 1. The molecule has 0 aliphatic rings. The van der Waals surface area contributed by atoms with Gasteiger partial charge >= 0.3 is 0 Å². The summed E-state index contributed by atoms with van der Waals surface area (Å²) in [4.78, 5) is 28.3. The highest BCUT2D eigenvalue weighted by Crippen LogP contribution is 2.29. The van der Waals surface area contributed by atoms with Crippen molar-refractivity contribution in [3.8, 4) is 5.75 Å². The third-order valence-corrected chi connectivity index (χ3v) is 4.50. The molecule has 1 heterocycles. The molecule has 0 aliphatic carbocycles. The monoisotopic (exact) mass is 355 g/mol. The third-order valence-electron chi connectivity index (χ3n) is 3.57. The first-order valence-corrected chi connectivity index (χ1v) is 8.57. The number of fused-ring (bicyclic) bond motifs is 1. The van der Waals surface area contributed by atoms with Crippen LogP contribution in [0.1, 0.15) is 23.7 Å². The van der Waals surface area contributed by atoms with Crippen molar-refractivity contribution in [2.45, 2.75) is 13.3 Å². The molecule has 2 N–H and O–H groups in total. The molecule has 6 nitrogen and oxygen atoms in total. The molecule has 0 saturated heterocycles. The quantitative estimate of drug-likeness (QED) is 0.727. The molecular weight excluding hydrogens is 338 g/mol. The van der Waals surface area contributed by atoms with E-state index in [1.807, 2.05) is 18.2 Å². The molecule has 2 aromatic carbocycles. The number of ether oxygens (including phenoxy) is 1. The zero-order valence-electron chi connectivity index (χ0n) is 13.8. The summed E-state index contributed by atoms with van der Waals surface area (Å²) in [6.07, 6.45) is 0.399. The molecule has 25 heavy (non-hydrogen) atoms. The molecule has 3 rings (SSSR count). The fourth-order valence-electron chi connectivity index (χ4n) is 2.29. The number of benzene rings is 2. The largest absolute Gasteiger partial charge is 0.496 e. The Balaban J connectivity index is 1.82. The van der Waals surface area contributed by atoms with E-state index in [1.165, 1.54) is 18.4 Å². The van der Waals surface area contributed by atoms with E-state index in [0.717, 1.165) is 10.2 Å². The van der Waals surface area contributed by atoms with Crippen molar-refractivity contribution in [1.82, 2.24) is 4.98 Å². The van der Waals surface area contributed by atoms with Crippen LogP contribution in [0.4, 0.5) is 10.8 Å². The molecule has 0 fully saturated rings. The second-order valence-corrected chi connectivity index (χ2v) is 6.29. The molecule has 2 amide bonds. The highest BCUT2D eigenvalue weighted by Gasteiger charge is 2.13. The van der Waals surface area contributed by atoms with Crippen LogP contribution < -0.4 is 15.4 Å². The van der Waals surface area contributed by atoms with E-state index in [4.69, 9.17) is 4.74 Å². The first-order chi connectivity index (χ1) is 12.1. The molecule has 0 saturated carbocycles. The van der Waals surface area contributed by atoms with E-state index in [0.29, 0.717) is 28.6 Å². The Hall–Kier alpha value is -2.93. The van der Waals surface area contributed by atoms with E-state index in [9.17, 15) is 9.59 Å². The molecule has 0 atom stereocenters. The van der Waals surface area contributed by atoms with Crippen LogP contribution in [0.3, 0.4) is 0 Å². The molecule has 7 heteroatoms. The zero-order valence-corrected chi connectivity index (χ0v) is 14.6. The Kier molecular flexibility index (Phi) is 4.95. The van der Waals surface area contributed by atoms with Crippen molar-refractivity contribution in [3.05, 3.63) is 48.0 Å². The van der Waals surface area contributed by atoms with Crippen molar-refractivity contribution in [2.75, 3.05) is 17.7 Å². The highest BCUT2D eigenvalue weighted by molar-refractivity contribution is 7.22. The number of methoxy groups -OCH3 is 1. The van der Waals surface area contributed by atoms with E-state index < -0.39 is 0 Å². The van der Waals surface area contributed by atoms with Crippen molar-refractivity contribution in [3.63, 3.8) is 0 Å². The van der Waals surface area contributed by atoms with Gasteiger partial charge in [-0.05, 0) is 30.3 Å². The van der Waals surface area contributed by atoms with Crippen molar-refractivity contribution in [2.24, 2.45) is 0 Å². The molecule has 0 radical (unpaired) electrons. The van der Waals surface area contributed by atoms with Gasteiger partial charge in [0, 0.05) is 12.1 Å². The summed E-state index contributed by atoms with van der Waals surface area (Å²) in [5.41, 5.74) is 1.89. The minimum absolute atomic E-state index is 0.0799. The summed E-state index contributed by atoms with van der Waals surface area (Å²) >= 11 is 1.37. The van der Waals surface area contributed by atoms with Crippen LogP contribution in [0.5, 0.6) is 5.75 Å². The molecule has 0 spiro atoms. The van der Waals surface area contributed by atoms with Gasteiger partial charge < -0.3 is 15.4 Å². The van der Waals surface area contributed by atoms with Gasteiger partial charge in [-0.25, -0.2) is 4.98 Å². The lowest BCUT2D eigenvalue weighted by atomic mass is 10.2. The van der Waals surface area contributed by atoms with Gasteiger partial charge in [0.15, 0.2) is 5.13 Å². The number of carbonyl (C=O) groups excluding carboxylic acids is 2. The summed E-state index contributed by atoms with van der Waals surface area (Å²) in [5.74, 6) is 0.188. The number of hydrogen-bond donors (Lipinski definition) is 2. The number of rotatable bonds is 5. The summed E-state index contributed by atoms with van der Waals surface area (Å²) in [6, 6.07) is 12.5. The number of carbonyl (C=O) groups is 2. The summed E-state index contributed by atoms with van der Waals surface area (Å²) in [6.45, 7) is 1.79. The molecule has 1 aromatic heterocycles. The van der Waals surface area contributed by atoms with Crippen LogP contribution in [0.2, 0.25) is 0 Å². The Labute approximate surface area is 148 Å². The maximum absolute atomic E-state index is 12.5. The van der Waals surface area contributed by atoms with E-state index >= 15 is 0 Å². The van der Waals surface area contributed by atoms with Crippen LogP contribution in [0.15, 0.2) is 42.5 Å². The SMILES string of the molecule is CCC(=O)Nc1nc2ccc(NC(=O)c3ccccc3OC)cc2s1. The van der Waals surface area contributed by atoms with Gasteiger partial charge in [0.2, 0.25) is 5.91 Å². The Morgan fingerprint density at radius 2 is 1.96 bits per heavy atom. The normalized spacial score (nSPS) is 10.5. The Bertz CT molecular complexity index is 936. The van der Waals surface area contributed by atoms with Crippen molar-refractivity contribution in [1.29, 1.82) is 0 Å². The molecular formula is C18H17N3O3S. The molecule has 3 aromatic rings. The maximum Gasteiger partial charge on any atom is 0.259 e. The minimum atomic E-state index is -0.249. The number of nitrogens with one attached hydrogen (secondary N) is 2. The molecule has 0 aliphatic heterocycles. The van der Waals surface area contributed by atoms with Crippen LogP contribution >= 0.6 is 11.3 Å². The highest BCUT2D eigenvalue weighted by atomic mass is 32.1. The van der Waals surface area contributed by atoms with E-state index in [2.05, 4.69) is 15.6 Å². The van der Waals surface area contributed by atoms with Gasteiger partial charge in [-0.3, -0.25) is 9.59 Å². The first kappa shape index (κ1) is 16.9. The van der Waals surface area contributed by atoms with E-state index in [-0.39, 0.29) is 11.8 Å². The van der Waals surface area contributed by atoms with Crippen LogP contribution in [-0.2, 0) is 4.79 Å². The van der Waals surface area contributed by atoms with Gasteiger partial charge in [-0.2, -0.15) is 0 Å². The predicted molar refractivity (Wildman–Crippen MR) is 99.5 cm³/mol. The number of anilines is 2. The van der Waals surface area contributed by atoms with Crippen molar-refractivity contribution < 1.29 is 14.3 Å². The molecule has 128 valence electrons. The minimum Gasteiger partial charge on any atom is -0.496 e. The number of amides is 2. The maximum atomic E-state index is 12.5. The average molecular weight is 355 g/mol. The summed E-state index contributed by atoms with van der Waals surface area (Å²) in [7, 11) is 1.53. The molecule has 0 bridgehead atoms.